The molecular formula is C19H27NO5. The molecule has 0 spiro atoms. The second-order valence-electron chi connectivity index (χ2n) is 6.40. The number of aliphatic hydroxyl groups excluding tert-OH is 1. The predicted molar refractivity (Wildman–Crippen MR) is 93.7 cm³/mol. The molecule has 0 aromatic heterocycles. The van der Waals surface area contributed by atoms with E-state index in [9.17, 15) is 14.7 Å². The van der Waals surface area contributed by atoms with Crippen molar-refractivity contribution in [3.05, 3.63) is 29.8 Å². The minimum atomic E-state index is -0.645. The Morgan fingerprint density at radius 3 is 2.68 bits per heavy atom. The molecule has 2 atom stereocenters. The van der Waals surface area contributed by atoms with Crippen molar-refractivity contribution in [1.29, 1.82) is 0 Å². The summed E-state index contributed by atoms with van der Waals surface area (Å²) in [6.07, 6.45) is 1.11. The molecule has 0 radical (unpaired) electrons. The zero-order valence-electron chi connectivity index (χ0n) is 14.9. The van der Waals surface area contributed by atoms with Crippen LogP contribution in [0.3, 0.4) is 0 Å². The van der Waals surface area contributed by atoms with Gasteiger partial charge in [-0.15, -0.1) is 0 Å². The van der Waals surface area contributed by atoms with Gasteiger partial charge in [-0.2, -0.15) is 0 Å². The van der Waals surface area contributed by atoms with Gasteiger partial charge in [-0.3, -0.25) is 14.5 Å². The van der Waals surface area contributed by atoms with Crippen LogP contribution in [0.4, 0.5) is 0 Å². The summed E-state index contributed by atoms with van der Waals surface area (Å²) in [4.78, 5) is 25.2. The molecule has 1 aliphatic heterocycles. The summed E-state index contributed by atoms with van der Waals surface area (Å²) in [5.41, 5.74) is 0.631. The largest absolute Gasteiger partial charge is 0.491 e. The maximum atomic E-state index is 11.9. The Morgan fingerprint density at radius 2 is 2.04 bits per heavy atom. The van der Waals surface area contributed by atoms with Crippen LogP contribution in [-0.2, 0) is 9.53 Å². The van der Waals surface area contributed by atoms with Crippen LogP contribution in [-0.4, -0.2) is 60.7 Å². The van der Waals surface area contributed by atoms with Crippen LogP contribution >= 0.6 is 0 Å². The summed E-state index contributed by atoms with van der Waals surface area (Å²) < 4.78 is 10.7. The SMILES string of the molecule is CCOC(=O)[C@@H]1CCCN(C[C@@H](O)COc2ccc(C(C)=O)cc2)C1. The van der Waals surface area contributed by atoms with Crippen molar-refractivity contribution in [2.24, 2.45) is 5.92 Å². The number of hydrogen-bond acceptors (Lipinski definition) is 6. The number of β-amino-alcohol motifs (C(OH)–C–C–N with tert-alkyl or cyclic N) is 1. The van der Waals surface area contributed by atoms with Crippen molar-refractivity contribution in [2.45, 2.75) is 32.8 Å². The number of esters is 1. The first kappa shape index (κ1) is 19.4. The first-order valence-corrected chi connectivity index (χ1v) is 8.80. The van der Waals surface area contributed by atoms with Gasteiger partial charge in [0.05, 0.1) is 12.5 Å². The third kappa shape index (κ3) is 6.14. The molecule has 0 unspecified atom stereocenters. The number of carbonyl (C=O) groups is 2. The second kappa shape index (κ2) is 9.53. The average Bonchev–Trinajstić information content (AvgIpc) is 2.61. The molecule has 2 rings (SSSR count). The molecule has 1 aliphatic rings. The number of benzene rings is 1. The first-order valence-electron chi connectivity index (χ1n) is 8.80. The van der Waals surface area contributed by atoms with Crippen LogP contribution in [0, 0.1) is 5.92 Å². The predicted octanol–water partition coefficient (Wildman–Crippen LogP) is 1.90. The number of carbonyl (C=O) groups excluding carboxylic acids is 2. The van der Waals surface area contributed by atoms with E-state index in [1.807, 2.05) is 6.92 Å². The molecular weight excluding hydrogens is 322 g/mol. The number of ketones is 1. The maximum absolute atomic E-state index is 11.9. The Kier molecular flexibility index (Phi) is 7.40. The van der Waals surface area contributed by atoms with Gasteiger partial charge in [0.25, 0.3) is 0 Å². The van der Waals surface area contributed by atoms with Crippen molar-refractivity contribution in [3.8, 4) is 5.75 Å². The Balaban J connectivity index is 1.76. The molecule has 1 N–H and O–H groups in total. The molecule has 1 fully saturated rings. The van der Waals surface area contributed by atoms with Gasteiger partial charge < -0.3 is 14.6 Å². The molecule has 1 heterocycles. The van der Waals surface area contributed by atoms with Gasteiger partial charge in [-0.05, 0) is 57.5 Å². The molecule has 0 saturated carbocycles. The van der Waals surface area contributed by atoms with Gasteiger partial charge in [0.1, 0.15) is 18.5 Å². The lowest BCUT2D eigenvalue weighted by atomic mass is 9.98. The minimum Gasteiger partial charge on any atom is -0.491 e. The summed E-state index contributed by atoms with van der Waals surface area (Å²) in [6.45, 7) is 5.82. The van der Waals surface area contributed by atoms with Crippen LogP contribution in [0.1, 0.15) is 37.0 Å². The van der Waals surface area contributed by atoms with E-state index in [-0.39, 0.29) is 24.3 Å². The van der Waals surface area contributed by atoms with Gasteiger partial charge in [0, 0.05) is 18.7 Å². The third-order valence-corrected chi connectivity index (χ3v) is 4.30. The number of piperidine rings is 1. The highest BCUT2D eigenvalue weighted by Crippen LogP contribution is 2.18. The Hall–Kier alpha value is -1.92. The van der Waals surface area contributed by atoms with E-state index in [1.165, 1.54) is 6.92 Å². The third-order valence-electron chi connectivity index (χ3n) is 4.30. The number of ether oxygens (including phenoxy) is 2. The fourth-order valence-electron chi connectivity index (χ4n) is 3.00. The van der Waals surface area contributed by atoms with Crippen LogP contribution in [0.25, 0.3) is 0 Å². The highest BCUT2D eigenvalue weighted by atomic mass is 16.5. The molecule has 6 heteroatoms. The smallest absolute Gasteiger partial charge is 0.310 e. The monoisotopic (exact) mass is 349 g/mol. The van der Waals surface area contributed by atoms with Crippen molar-refractivity contribution in [1.82, 2.24) is 4.90 Å². The number of rotatable bonds is 8. The highest BCUT2D eigenvalue weighted by molar-refractivity contribution is 5.94. The van der Waals surface area contributed by atoms with Crippen LogP contribution in [0.5, 0.6) is 5.75 Å². The van der Waals surface area contributed by atoms with Crippen molar-refractivity contribution in [3.63, 3.8) is 0 Å². The molecule has 25 heavy (non-hydrogen) atoms. The summed E-state index contributed by atoms with van der Waals surface area (Å²) in [6, 6.07) is 6.86. The zero-order valence-corrected chi connectivity index (χ0v) is 14.9. The topological polar surface area (TPSA) is 76.1 Å². The molecule has 0 bridgehead atoms. The van der Waals surface area contributed by atoms with Crippen LogP contribution in [0.15, 0.2) is 24.3 Å². The van der Waals surface area contributed by atoms with E-state index < -0.39 is 6.10 Å². The molecule has 0 aliphatic carbocycles. The fraction of sp³-hybridized carbons (Fsp3) is 0.579. The Bertz CT molecular complexity index is 572. The lowest BCUT2D eigenvalue weighted by molar-refractivity contribution is -0.150. The van der Waals surface area contributed by atoms with E-state index in [2.05, 4.69) is 4.90 Å². The normalized spacial score (nSPS) is 19.2. The summed E-state index contributed by atoms with van der Waals surface area (Å²) in [5.74, 6) is 0.365. The van der Waals surface area contributed by atoms with Crippen LogP contribution in [0.2, 0.25) is 0 Å². The summed E-state index contributed by atoms with van der Waals surface area (Å²) >= 11 is 0. The Labute approximate surface area is 148 Å². The van der Waals surface area contributed by atoms with Gasteiger partial charge in [-0.1, -0.05) is 0 Å². The van der Waals surface area contributed by atoms with E-state index in [0.717, 1.165) is 19.4 Å². The quantitative estimate of drug-likeness (QED) is 0.571. The molecule has 1 saturated heterocycles. The van der Waals surface area contributed by atoms with Gasteiger partial charge in [0.2, 0.25) is 0 Å². The fourth-order valence-corrected chi connectivity index (χ4v) is 3.00. The maximum Gasteiger partial charge on any atom is 0.310 e. The number of hydrogen-bond donors (Lipinski definition) is 1. The van der Waals surface area contributed by atoms with Gasteiger partial charge in [-0.25, -0.2) is 0 Å². The van der Waals surface area contributed by atoms with Crippen LogP contribution < -0.4 is 4.74 Å². The van der Waals surface area contributed by atoms with E-state index >= 15 is 0 Å². The number of likely N-dealkylation sites (tertiary alicyclic amines) is 1. The standard InChI is InChI=1S/C19H27NO5/c1-3-24-19(23)16-5-4-10-20(11-16)12-17(22)13-25-18-8-6-15(7-9-18)14(2)21/h6-9,16-17,22H,3-5,10-13H2,1-2H3/t16-,17-/m1/s1. The molecule has 0 amide bonds. The van der Waals surface area contributed by atoms with E-state index in [4.69, 9.17) is 9.47 Å². The summed E-state index contributed by atoms with van der Waals surface area (Å²) in [5, 5.41) is 10.2. The van der Waals surface area contributed by atoms with Gasteiger partial charge in [0.15, 0.2) is 5.78 Å². The molecule has 6 nitrogen and oxygen atoms in total. The highest BCUT2D eigenvalue weighted by Gasteiger charge is 2.27. The molecule has 138 valence electrons. The zero-order chi connectivity index (χ0) is 18.2. The van der Waals surface area contributed by atoms with E-state index in [1.54, 1.807) is 24.3 Å². The number of aliphatic hydroxyl groups is 1. The second-order valence-corrected chi connectivity index (χ2v) is 6.40. The minimum absolute atomic E-state index is 0.00726. The lowest BCUT2D eigenvalue weighted by Gasteiger charge is -2.32. The number of Topliss-reactive ketones (excluding diaryl/α,β-unsaturated/α-hetero) is 1. The lowest BCUT2D eigenvalue weighted by Crippen LogP contribution is -2.44. The molecule has 1 aromatic rings. The van der Waals surface area contributed by atoms with Crippen molar-refractivity contribution >= 4 is 11.8 Å². The first-order chi connectivity index (χ1) is 12.0. The van der Waals surface area contributed by atoms with Crippen molar-refractivity contribution < 1.29 is 24.2 Å². The Morgan fingerprint density at radius 1 is 1.32 bits per heavy atom. The number of nitrogens with zero attached hydrogens (tertiary/aromatic N) is 1. The van der Waals surface area contributed by atoms with Crippen molar-refractivity contribution in [2.75, 3.05) is 32.8 Å². The molecule has 1 aromatic carbocycles. The van der Waals surface area contributed by atoms with E-state index in [0.29, 0.717) is 31.0 Å². The van der Waals surface area contributed by atoms with Gasteiger partial charge >= 0.3 is 5.97 Å². The average molecular weight is 349 g/mol. The summed E-state index contributed by atoms with van der Waals surface area (Å²) in [7, 11) is 0.